The van der Waals surface area contributed by atoms with Crippen LogP contribution in [0.4, 0.5) is 0 Å². The van der Waals surface area contributed by atoms with E-state index in [9.17, 15) is 4.79 Å². The molecule has 0 bridgehead atoms. The minimum absolute atomic E-state index is 0.165. The van der Waals surface area contributed by atoms with E-state index in [1.54, 1.807) is 12.1 Å². The highest BCUT2D eigenvalue weighted by Gasteiger charge is 2.28. The topological polar surface area (TPSA) is 55.1 Å². The molecule has 3 nitrogen and oxygen atoms in total. The summed E-state index contributed by atoms with van der Waals surface area (Å²) < 4.78 is 0.724. The molecule has 0 aromatic heterocycles. The predicted octanol–water partition coefficient (Wildman–Crippen LogP) is 3.49. The molecule has 0 atom stereocenters. The molecule has 1 fully saturated rings. The lowest BCUT2D eigenvalue weighted by Gasteiger charge is -2.33. The zero-order chi connectivity index (χ0) is 13.9. The molecule has 1 saturated carbocycles. The SMILES string of the molecule is NC1(CNC(=O)c2cccc(Br)c2Cl)CCCCC1. The second-order valence-electron chi connectivity index (χ2n) is 5.21. The summed E-state index contributed by atoms with van der Waals surface area (Å²) in [6.07, 6.45) is 5.47. The molecule has 1 aromatic carbocycles. The lowest BCUT2D eigenvalue weighted by molar-refractivity contribution is 0.0938. The summed E-state index contributed by atoms with van der Waals surface area (Å²) in [4.78, 5) is 12.1. The van der Waals surface area contributed by atoms with Gasteiger partial charge in [-0.05, 0) is 40.9 Å². The summed E-state index contributed by atoms with van der Waals surface area (Å²) in [6, 6.07) is 5.32. The number of amides is 1. The van der Waals surface area contributed by atoms with Crippen LogP contribution in [0.15, 0.2) is 22.7 Å². The summed E-state index contributed by atoms with van der Waals surface area (Å²) in [5.74, 6) is -0.165. The third-order valence-corrected chi connectivity index (χ3v) is 4.94. The molecule has 0 radical (unpaired) electrons. The first kappa shape index (κ1) is 14.8. The summed E-state index contributed by atoms with van der Waals surface area (Å²) in [6.45, 7) is 0.509. The van der Waals surface area contributed by atoms with E-state index in [2.05, 4.69) is 21.2 Å². The van der Waals surface area contributed by atoms with Crippen molar-refractivity contribution in [3.8, 4) is 0 Å². The average molecular weight is 346 g/mol. The first-order valence-corrected chi connectivity index (χ1v) is 7.70. The number of rotatable bonds is 3. The van der Waals surface area contributed by atoms with Crippen LogP contribution in [-0.4, -0.2) is 18.0 Å². The number of carbonyl (C=O) groups is 1. The Hall–Kier alpha value is -0.580. The van der Waals surface area contributed by atoms with Crippen molar-refractivity contribution in [1.29, 1.82) is 0 Å². The predicted molar refractivity (Wildman–Crippen MR) is 81.5 cm³/mol. The molecule has 19 heavy (non-hydrogen) atoms. The molecule has 0 unspecified atom stereocenters. The summed E-state index contributed by atoms with van der Waals surface area (Å²) in [5.41, 5.74) is 6.52. The fourth-order valence-corrected chi connectivity index (χ4v) is 3.04. The van der Waals surface area contributed by atoms with Crippen molar-refractivity contribution < 1.29 is 4.79 Å². The first-order valence-electron chi connectivity index (χ1n) is 6.53. The van der Waals surface area contributed by atoms with Crippen LogP contribution in [0, 0.1) is 0 Å². The van der Waals surface area contributed by atoms with Gasteiger partial charge in [-0.25, -0.2) is 0 Å². The van der Waals surface area contributed by atoms with E-state index in [4.69, 9.17) is 17.3 Å². The van der Waals surface area contributed by atoms with Gasteiger partial charge in [0.25, 0.3) is 5.91 Å². The van der Waals surface area contributed by atoms with E-state index in [1.165, 1.54) is 6.42 Å². The monoisotopic (exact) mass is 344 g/mol. The highest BCUT2D eigenvalue weighted by atomic mass is 79.9. The first-order chi connectivity index (χ1) is 9.02. The minimum atomic E-state index is -0.258. The lowest BCUT2D eigenvalue weighted by Crippen LogP contribution is -2.51. The maximum absolute atomic E-state index is 12.1. The van der Waals surface area contributed by atoms with Gasteiger partial charge in [0, 0.05) is 16.6 Å². The van der Waals surface area contributed by atoms with Gasteiger partial charge >= 0.3 is 0 Å². The van der Waals surface area contributed by atoms with Gasteiger partial charge in [-0.1, -0.05) is 36.9 Å². The molecule has 0 heterocycles. The van der Waals surface area contributed by atoms with Crippen molar-refractivity contribution in [3.05, 3.63) is 33.3 Å². The van der Waals surface area contributed by atoms with Gasteiger partial charge in [-0.15, -0.1) is 0 Å². The molecule has 1 aromatic rings. The molecule has 5 heteroatoms. The molecule has 2 rings (SSSR count). The molecule has 0 aliphatic heterocycles. The van der Waals surface area contributed by atoms with Crippen LogP contribution in [0.2, 0.25) is 5.02 Å². The van der Waals surface area contributed by atoms with E-state index < -0.39 is 0 Å². The summed E-state index contributed by atoms with van der Waals surface area (Å²) >= 11 is 9.42. The zero-order valence-electron chi connectivity index (χ0n) is 10.7. The average Bonchev–Trinajstić information content (AvgIpc) is 2.40. The highest BCUT2D eigenvalue weighted by molar-refractivity contribution is 9.10. The van der Waals surface area contributed by atoms with Gasteiger partial charge in [0.1, 0.15) is 0 Å². The van der Waals surface area contributed by atoms with Crippen molar-refractivity contribution in [2.75, 3.05) is 6.54 Å². The van der Waals surface area contributed by atoms with Crippen molar-refractivity contribution >= 4 is 33.4 Å². The molecular weight excluding hydrogens is 328 g/mol. The second kappa shape index (κ2) is 6.25. The van der Waals surface area contributed by atoms with Crippen LogP contribution in [0.1, 0.15) is 42.5 Å². The number of benzene rings is 1. The Morgan fingerprint density at radius 2 is 2.05 bits per heavy atom. The number of nitrogens with two attached hydrogens (primary N) is 1. The number of nitrogens with one attached hydrogen (secondary N) is 1. The Balaban J connectivity index is 1.99. The quantitative estimate of drug-likeness (QED) is 0.881. The van der Waals surface area contributed by atoms with E-state index in [0.717, 1.165) is 30.2 Å². The Labute approximate surface area is 127 Å². The van der Waals surface area contributed by atoms with Crippen LogP contribution in [0.3, 0.4) is 0 Å². The number of hydrogen-bond donors (Lipinski definition) is 2. The van der Waals surface area contributed by atoms with Crippen molar-refractivity contribution in [3.63, 3.8) is 0 Å². The van der Waals surface area contributed by atoms with E-state index in [0.29, 0.717) is 17.1 Å². The third kappa shape index (κ3) is 3.71. The smallest absolute Gasteiger partial charge is 0.252 e. The molecular formula is C14H18BrClN2O. The molecule has 104 valence electrons. The highest BCUT2D eigenvalue weighted by Crippen LogP contribution is 2.27. The number of halogens is 2. The molecule has 1 aliphatic carbocycles. The Morgan fingerprint density at radius 1 is 1.37 bits per heavy atom. The fourth-order valence-electron chi connectivity index (χ4n) is 2.46. The van der Waals surface area contributed by atoms with Gasteiger partial charge in [-0.2, -0.15) is 0 Å². The molecule has 1 amide bonds. The van der Waals surface area contributed by atoms with E-state index >= 15 is 0 Å². The largest absolute Gasteiger partial charge is 0.350 e. The van der Waals surface area contributed by atoms with Crippen LogP contribution < -0.4 is 11.1 Å². The number of hydrogen-bond acceptors (Lipinski definition) is 2. The Kier molecular flexibility index (Phi) is 4.87. The minimum Gasteiger partial charge on any atom is -0.350 e. The van der Waals surface area contributed by atoms with E-state index in [1.807, 2.05) is 6.07 Å². The van der Waals surface area contributed by atoms with Crippen LogP contribution in [0.5, 0.6) is 0 Å². The maximum Gasteiger partial charge on any atom is 0.252 e. The van der Waals surface area contributed by atoms with Gasteiger partial charge in [0.15, 0.2) is 0 Å². The third-order valence-electron chi connectivity index (χ3n) is 3.65. The molecule has 0 spiro atoms. The molecule has 3 N–H and O–H groups in total. The zero-order valence-corrected chi connectivity index (χ0v) is 13.1. The summed E-state index contributed by atoms with van der Waals surface area (Å²) in [7, 11) is 0. The van der Waals surface area contributed by atoms with Crippen LogP contribution in [0.25, 0.3) is 0 Å². The van der Waals surface area contributed by atoms with Crippen molar-refractivity contribution in [2.45, 2.75) is 37.6 Å². The number of carbonyl (C=O) groups excluding carboxylic acids is 1. The standard InChI is InChI=1S/C14H18BrClN2O/c15-11-6-4-5-10(12(11)16)13(19)18-9-14(17)7-2-1-3-8-14/h4-6H,1-3,7-9,17H2,(H,18,19). The van der Waals surface area contributed by atoms with Gasteiger partial charge in [0.05, 0.1) is 10.6 Å². The Morgan fingerprint density at radius 3 is 2.74 bits per heavy atom. The molecule has 1 aliphatic rings. The van der Waals surface area contributed by atoms with Gasteiger partial charge < -0.3 is 11.1 Å². The van der Waals surface area contributed by atoms with E-state index in [-0.39, 0.29) is 11.4 Å². The van der Waals surface area contributed by atoms with Gasteiger partial charge in [-0.3, -0.25) is 4.79 Å². The molecule has 0 saturated heterocycles. The lowest BCUT2D eigenvalue weighted by atomic mass is 9.82. The van der Waals surface area contributed by atoms with Crippen LogP contribution in [-0.2, 0) is 0 Å². The van der Waals surface area contributed by atoms with Crippen molar-refractivity contribution in [2.24, 2.45) is 5.73 Å². The second-order valence-corrected chi connectivity index (χ2v) is 6.44. The van der Waals surface area contributed by atoms with Gasteiger partial charge in [0.2, 0.25) is 0 Å². The van der Waals surface area contributed by atoms with Crippen molar-refractivity contribution in [1.82, 2.24) is 5.32 Å². The Bertz CT molecular complexity index is 473. The normalized spacial score (nSPS) is 18.1. The maximum atomic E-state index is 12.1. The van der Waals surface area contributed by atoms with Crippen LogP contribution >= 0.6 is 27.5 Å². The fraction of sp³-hybridized carbons (Fsp3) is 0.500. The summed E-state index contributed by atoms with van der Waals surface area (Å²) in [5, 5.41) is 3.35.